The lowest BCUT2D eigenvalue weighted by molar-refractivity contribution is -0.128. The molecule has 4 heteroatoms. The molecule has 2 rings (SSSR count). The van der Waals surface area contributed by atoms with Crippen molar-refractivity contribution in [2.45, 2.75) is 19.8 Å². The van der Waals surface area contributed by atoms with Gasteiger partial charge in [-0.25, -0.2) is 0 Å². The van der Waals surface area contributed by atoms with Gasteiger partial charge in [0.1, 0.15) is 0 Å². The summed E-state index contributed by atoms with van der Waals surface area (Å²) in [6, 6.07) is 6.08. The van der Waals surface area contributed by atoms with E-state index in [4.69, 9.17) is 0 Å². The summed E-state index contributed by atoms with van der Waals surface area (Å²) in [5.41, 5.74) is 2.17. The third-order valence-electron chi connectivity index (χ3n) is 3.01. The molecule has 1 N–H and O–H groups in total. The summed E-state index contributed by atoms with van der Waals surface area (Å²) >= 11 is 3.48. The van der Waals surface area contributed by atoms with Crippen LogP contribution in [0.15, 0.2) is 22.7 Å². The summed E-state index contributed by atoms with van der Waals surface area (Å²) in [7, 11) is 0. The van der Waals surface area contributed by atoms with Crippen molar-refractivity contribution in [3.05, 3.63) is 28.2 Å². The molecule has 1 aromatic rings. The Morgan fingerprint density at radius 1 is 1.41 bits per heavy atom. The fraction of sp³-hybridized carbons (Fsp3) is 0.462. The maximum absolute atomic E-state index is 11.9. The fourth-order valence-electron chi connectivity index (χ4n) is 2.02. The quantitative estimate of drug-likeness (QED) is 0.930. The Bertz CT molecular complexity index is 414. The second-order valence-corrected chi connectivity index (χ2v) is 5.28. The molecule has 0 saturated carbocycles. The number of aryl methyl sites for hydroxylation is 1. The molecular weight excluding hydrogens is 280 g/mol. The highest BCUT2D eigenvalue weighted by Gasteiger charge is 2.17. The topological polar surface area (TPSA) is 32.3 Å². The Hall–Kier alpha value is -1.03. The van der Waals surface area contributed by atoms with Crippen molar-refractivity contribution in [2.75, 3.05) is 25.0 Å². The van der Waals surface area contributed by atoms with E-state index < -0.39 is 0 Å². The van der Waals surface area contributed by atoms with Gasteiger partial charge in [-0.05, 0) is 53.4 Å². The molecule has 0 bridgehead atoms. The minimum atomic E-state index is 0.191. The molecular formula is C13H17BrN2O. The number of nitrogens with one attached hydrogen (secondary N) is 1. The van der Waals surface area contributed by atoms with Gasteiger partial charge in [-0.1, -0.05) is 6.07 Å². The van der Waals surface area contributed by atoms with E-state index >= 15 is 0 Å². The second-order valence-electron chi connectivity index (χ2n) is 4.42. The van der Waals surface area contributed by atoms with Crippen molar-refractivity contribution in [1.29, 1.82) is 0 Å². The number of carbonyl (C=O) groups excluding carboxylic acids is 1. The standard InChI is InChI=1S/C13H17BrN2O/c1-10-4-5-11(14)12(8-10)15-9-13(17)16-6-2-3-7-16/h4-5,8,15H,2-3,6-7,9H2,1H3. The van der Waals surface area contributed by atoms with Crippen LogP contribution in [0.25, 0.3) is 0 Å². The number of nitrogens with zero attached hydrogens (tertiary/aromatic N) is 1. The van der Waals surface area contributed by atoms with E-state index in [1.807, 2.05) is 30.0 Å². The molecule has 1 saturated heterocycles. The number of carbonyl (C=O) groups is 1. The number of benzene rings is 1. The zero-order chi connectivity index (χ0) is 12.3. The maximum atomic E-state index is 11.9. The van der Waals surface area contributed by atoms with Crippen molar-refractivity contribution in [3.63, 3.8) is 0 Å². The highest BCUT2D eigenvalue weighted by atomic mass is 79.9. The number of hydrogen-bond acceptors (Lipinski definition) is 2. The van der Waals surface area contributed by atoms with Crippen LogP contribution in [-0.4, -0.2) is 30.4 Å². The van der Waals surface area contributed by atoms with Crippen LogP contribution in [0.3, 0.4) is 0 Å². The van der Waals surface area contributed by atoms with Gasteiger partial charge in [-0.3, -0.25) is 4.79 Å². The Morgan fingerprint density at radius 3 is 2.82 bits per heavy atom. The lowest BCUT2D eigenvalue weighted by atomic mass is 10.2. The monoisotopic (exact) mass is 296 g/mol. The summed E-state index contributed by atoms with van der Waals surface area (Å²) in [6.45, 7) is 4.24. The third kappa shape index (κ3) is 3.22. The Morgan fingerprint density at radius 2 is 2.12 bits per heavy atom. The molecule has 0 unspecified atom stereocenters. The van der Waals surface area contributed by atoms with Gasteiger partial charge >= 0.3 is 0 Å². The first-order chi connectivity index (χ1) is 8.16. The van der Waals surface area contributed by atoms with E-state index in [0.717, 1.165) is 36.1 Å². The molecule has 1 amide bonds. The van der Waals surface area contributed by atoms with Crippen LogP contribution < -0.4 is 5.32 Å². The number of rotatable bonds is 3. The van der Waals surface area contributed by atoms with E-state index in [2.05, 4.69) is 21.2 Å². The van der Waals surface area contributed by atoms with Gasteiger partial charge in [-0.15, -0.1) is 0 Å². The largest absolute Gasteiger partial charge is 0.375 e. The minimum absolute atomic E-state index is 0.191. The normalized spacial score (nSPS) is 15.1. The number of halogens is 1. The van der Waals surface area contributed by atoms with Crippen molar-refractivity contribution < 1.29 is 4.79 Å². The molecule has 0 aromatic heterocycles. The van der Waals surface area contributed by atoms with Gasteiger partial charge in [0.15, 0.2) is 0 Å². The number of likely N-dealkylation sites (tertiary alicyclic amines) is 1. The third-order valence-corrected chi connectivity index (χ3v) is 3.70. The smallest absolute Gasteiger partial charge is 0.241 e. The first-order valence-electron chi connectivity index (χ1n) is 5.94. The number of hydrogen-bond donors (Lipinski definition) is 1. The maximum Gasteiger partial charge on any atom is 0.241 e. The van der Waals surface area contributed by atoms with Crippen molar-refractivity contribution in [2.24, 2.45) is 0 Å². The zero-order valence-electron chi connectivity index (χ0n) is 10.0. The molecule has 1 aliphatic rings. The molecule has 0 spiro atoms. The van der Waals surface area contributed by atoms with Crippen LogP contribution in [0.1, 0.15) is 18.4 Å². The van der Waals surface area contributed by atoms with Crippen molar-refractivity contribution in [3.8, 4) is 0 Å². The van der Waals surface area contributed by atoms with Gasteiger partial charge in [0, 0.05) is 23.2 Å². The molecule has 1 aromatic carbocycles. The fourth-order valence-corrected chi connectivity index (χ4v) is 2.41. The Balaban J connectivity index is 1.92. The van der Waals surface area contributed by atoms with E-state index in [1.54, 1.807) is 0 Å². The summed E-state index contributed by atoms with van der Waals surface area (Å²) in [5, 5.41) is 3.19. The predicted octanol–water partition coefficient (Wildman–Crippen LogP) is 2.79. The Kier molecular flexibility index (Phi) is 4.05. The summed E-state index contributed by atoms with van der Waals surface area (Å²) < 4.78 is 0.998. The van der Waals surface area contributed by atoms with E-state index in [-0.39, 0.29) is 5.91 Å². The number of amides is 1. The molecule has 0 aliphatic carbocycles. The first-order valence-corrected chi connectivity index (χ1v) is 6.74. The van der Waals surface area contributed by atoms with E-state index in [1.165, 1.54) is 5.56 Å². The second kappa shape index (κ2) is 5.54. The van der Waals surface area contributed by atoms with E-state index in [9.17, 15) is 4.79 Å². The predicted molar refractivity (Wildman–Crippen MR) is 73.2 cm³/mol. The average molecular weight is 297 g/mol. The van der Waals surface area contributed by atoms with Crippen LogP contribution in [0, 0.1) is 6.92 Å². The van der Waals surface area contributed by atoms with Crippen LogP contribution in [0.5, 0.6) is 0 Å². The zero-order valence-corrected chi connectivity index (χ0v) is 11.6. The molecule has 1 fully saturated rings. The first kappa shape index (κ1) is 12.4. The summed E-state index contributed by atoms with van der Waals surface area (Å²) in [4.78, 5) is 13.8. The van der Waals surface area contributed by atoms with Gasteiger partial charge in [0.2, 0.25) is 5.91 Å². The van der Waals surface area contributed by atoms with E-state index in [0.29, 0.717) is 6.54 Å². The average Bonchev–Trinajstić information content (AvgIpc) is 2.83. The molecule has 1 heterocycles. The van der Waals surface area contributed by atoms with Gasteiger partial charge < -0.3 is 10.2 Å². The lowest BCUT2D eigenvalue weighted by Gasteiger charge is -2.16. The molecule has 0 atom stereocenters. The lowest BCUT2D eigenvalue weighted by Crippen LogP contribution is -2.33. The van der Waals surface area contributed by atoms with Crippen LogP contribution in [0.2, 0.25) is 0 Å². The Labute approximate surface area is 110 Å². The summed E-state index contributed by atoms with van der Waals surface area (Å²) in [6.07, 6.45) is 2.28. The van der Waals surface area contributed by atoms with Crippen LogP contribution >= 0.6 is 15.9 Å². The van der Waals surface area contributed by atoms with Crippen LogP contribution in [0.4, 0.5) is 5.69 Å². The van der Waals surface area contributed by atoms with Gasteiger partial charge in [0.25, 0.3) is 0 Å². The minimum Gasteiger partial charge on any atom is -0.375 e. The van der Waals surface area contributed by atoms with Crippen LogP contribution in [-0.2, 0) is 4.79 Å². The molecule has 17 heavy (non-hydrogen) atoms. The van der Waals surface area contributed by atoms with Gasteiger partial charge in [0.05, 0.1) is 6.54 Å². The SMILES string of the molecule is Cc1ccc(Br)c(NCC(=O)N2CCCC2)c1. The van der Waals surface area contributed by atoms with Crippen molar-refractivity contribution >= 4 is 27.5 Å². The molecule has 0 radical (unpaired) electrons. The highest BCUT2D eigenvalue weighted by Crippen LogP contribution is 2.23. The van der Waals surface area contributed by atoms with Crippen molar-refractivity contribution in [1.82, 2.24) is 4.90 Å². The highest BCUT2D eigenvalue weighted by molar-refractivity contribution is 9.10. The number of anilines is 1. The molecule has 3 nitrogen and oxygen atoms in total. The molecule has 92 valence electrons. The molecule has 1 aliphatic heterocycles. The summed E-state index contributed by atoms with van der Waals surface area (Å²) in [5.74, 6) is 0.191. The van der Waals surface area contributed by atoms with Gasteiger partial charge in [-0.2, -0.15) is 0 Å².